The summed E-state index contributed by atoms with van der Waals surface area (Å²) in [7, 11) is 1.57. The van der Waals surface area contributed by atoms with E-state index in [2.05, 4.69) is 44.3 Å². The smallest absolute Gasteiger partial charge is 0.320 e. The average Bonchev–Trinajstić information content (AvgIpc) is 3.22. The second-order valence-electron chi connectivity index (χ2n) is 8.16. The van der Waals surface area contributed by atoms with Gasteiger partial charge in [-0.15, -0.1) is 12.4 Å². The normalized spacial score (nSPS) is 21.4. The molecule has 0 bridgehead atoms. The molecule has 0 saturated carbocycles. The van der Waals surface area contributed by atoms with Crippen LogP contribution in [0.15, 0.2) is 24.4 Å². The summed E-state index contributed by atoms with van der Waals surface area (Å²) in [6.07, 6.45) is 2.37. The molecule has 2 aliphatic heterocycles. The summed E-state index contributed by atoms with van der Waals surface area (Å²) in [4.78, 5) is 11.3. The molecule has 0 spiro atoms. The van der Waals surface area contributed by atoms with Gasteiger partial charge in [0.15, 0.2) is 5.82 Å². The van der Waals surface area contributed by atoms with E-state index in [1.807, 2.05) is 16.9 Å². The van der Waals surface area contributed by atoms with Crippen LogP contribution in [0.3, 0.4) is 0 Å². The van der Waals surface area contributed by atoms with Crippen molar-refractivity contribution in [3.05, 3.63) is 35.5 Å². The Morgan fingerprint density at radius 3 is 2.69 bits per heavy atom. The van der Waals surface area contributed by atoms with Crippen molar-refractivity contribution < 1.29 is 14.6 Å². The van der Waals surface area contributed by atoms with Gasteiger partial charge in [0.25, 0.3) is 0 Å². The number of hydrogen-bond donors (Lipinski definition) is 2. The number of hydrogen-bond acceptors (Lipinski definition) is 8. The number of nitrogens with zero attached hydrogens (tertiary/aromatic N) is 5. The van der Waals surface area contributed by atoms with Gasteiger partial charge in [0.05, 0.1) is 38.1 Å². The molecule has 9 nitrogen and oxygen atoms in total. The Balaban J connectivity index is 0.00000245. The van der Waals surface area contributed by atoms with Gasteiger partial charge in [-0.25, -0.2) is 4.68 Å². The monoisotopic (exact) mass is 460 g/mol. The zero-order valence-electron chi connectivity index (χ0n) is 18.3. The molecule has 2 unspecified atom stereocenters. The highest BCUT2D eigenvalue weighted by atomic mass is 35.5. The van der Waals surface area contributed by atoms with Gasteiger partial charge in [-0.3, -0.25) is 0 Å². The third-order valence-electron chi connectivity index (χ3n) is 6.22. The number of piperidine rings is 1. The lowest BCUT2D eigenvalue weighted by Gasteiger charge is -2.30. The van der Waals surface area contributed by atoms with Crippen molar-refractivity contribution in [1.29, 1.82) is 0 Å². The lowest BCUT2D eigenvalue weighted by Crippen LogP contribution is -2.39. The van der Waals surface area contributed by atoms with E-state index in [-0.39, 0.29) is 18.3 Å². The van der Waals surface area contributed by atoms with Gasteiger partial charge in [-0.1, -0.05) is 0 Å². The summed E-state index contributed by atoms with van der Waals surface area (Å²) in [5.41, 5.74) is 3.30. The van der Waals surface area contributed by atoms with E-state index in [1.165, 1.54) is 5.56 Å². The summed E-state index contributed by atoms with van der Waals surface area (Å²) < 4.78 is 12.7. The van der Waals surface area contributed by atoms with Crippen LogP contribution >= 0.6 is 12.4 Å². The lowest BCUT2D eigenvalue weighted by atomic mass is 9.85. The number of β-amino-alcohol motifs (C(OH)–C–C–N with tert-alkyl or cyclic N) is 1. The molecule has 0 radical (unpaired) electrons. The van der Waals surface area contributed by atoms with E-state index in [4.69, 9.17) is 9.47 Å². The molecule has 2 aliphatic rings. The fourth-order valence-electron chi connectivity index (χ4n) is 4.55. The van der Waals surface area contributed by atoms with Crippen LogP contribution in [0.2, 0.25) is 0 Å². The molecule has 2 atom stereocenters. The lowest BCUT2D eigenvalue weighted by molar-refractivity contribution is 0.118. The molecular formula is C22H29ClN6O3. The Labute approximate surface area is 193 Å². The van der Waals surface area contributed by atoms with Gasteiger partial charge in [0.1, 0.15) is 5.82 Å². The van der Waals surface area contributed by atoms with Crippen LogP contribution in [0.4, 0.5) is 5.82 Å². The molecule has 10 heteroatoms. The molecule has 0 amide bonds. The van der Waals surface area contributed by atoms with Crippen molar-refractivity contribution in [3.8, 4) is 11.8 Å². The number of aromatic nitrogens is 4. The van der Waals surface area contributed by atoms with Crippen LogP contribution in [0.5, 0.6) is 6.01 Å². The number of aryl methyl sites for hydroxylation is 1. The fraction of sp³-hybridized carbons (Fsp3) is 0.500. The molecule has 172 valence electrons. The molecule has 32 heavy (non-hydrogen) atoms. The van der Waals surface area contributed by atoms with Crippen molar-refractivity contribution >= 4 is 29.1 Å². The number of methoxy groups -OCH3 is 1. The maximum Gasteiger partial charge on any atom is 0.320 e. The topological polar surface area (TPSA) is 97.6 Å². The fourth-order valence-corrected chi connectivity index (χ4v) is 4.55. The Hall–Kier alpha value is -2.46. The van der Waals surface area contributed by atoms with Crippen molar-refractivity contribution in [3.63, 3.8) is 0 Å². The minimum Gasteiger partial charge on any atom is -0.467 e. The number of aliphatic hydroxyl groups excluding tert-OH is 1. The van der Waals surface area contributed by atoms with Crippen LogP contribution in [0.25, 0.3) is 16.7 Å². The first-order valence-corrected chi connectivity index (χ1v) is 10.8. The summed E-state index contributed by atoms with van der Waals surface area (Å²) in [5, 5.41) is 19.5. The number of nitrogens with one attached hydrogen (secondary N) is 1. The highest BCUT2D eigenvalue weighted by Gasteiger charge is 2.26. The Bertz CT molecular complexity index is 1080. The number of morpholine rings is 1. The third-order valence-corrected chi connectivity index (χ3v) is 6.22. The molecule has 5 rings (SSSR count). The molecule has 4 heterocycles. The van der Waals surface area contributed by atoms with Crippen molar-refractivity contribution in [1.82, 2.24) is 25.1 Å². The molecule has 2 N–H and O–H groups in total. The first-order valence-electron chi connectivity index (χ1n) is 10.8. The van der Waals surface area contributed by atoms with Crippen LogP contribution in [0.1, 0.15) is 23.5 Å². The first-order chi connectivity index (χ1) is 15.1. The number of fused-ring (bicyclic) bond motifs is 1. The van der Waals surface area contributed by atoms with Crippen LogP contribution in [-0.4, -0.2) is 77.5 Å². The first kappa shape index (κ1) is 22.7. The Morgan fingerprint density at radius 2 is 1.94 bits per heavy atom. The molecule has 2 fully saturated rings. The minimum absolute atomic E-state index is 0. The highest BCUT2D eigenvalue weighted by molar-refractivity contribution is 5.85. The molecule has 0 aliphatic carbocycles. The van der Waals surface area contributed by atoms with E-state index >= 15 is 0 Å². The standard InChI is InChI=1S/C22H28N6O3.ClH/c1-14-9-15-12-24-28(18(15)10-17(14)16-3-4-23-13-19(16)29)21-11-20(25-22(26-21)30-2)27-5-7-31-8-6-27;/h9-12,16,19,23,29H,3-8,13H2,1-2H3;1H. The summed E-state index contributed by atoms with van der Waals surface area (Å²) >= 11 is 0. The second kappa shape index (κ2) is 9.58. The van der Waals surface area contributed by atoms with Gasteiger partial charge in [-0.2, -0.15) is 15.1 Å². The van der Waals surface area contributed by atoms with E-state index in [1.54, 1.807) is 7.11 Å². The predicted molar refractivity (Wildman–Crippen MR) is 124 cm³/mol. The number of aliphatic hydroxyl groups is 1. The van der Waals surface area contributed by atoms with E-state index in [0.717, 1.165) is 48.3 Å². The SMILES string of the molecule is COc1nc(N2CCOCC2)cc(-n2ncc3cc(C)c(C4CCNCC4O)cc32)n1.Cl. The summed E-state index contributed by atoms with van der Waals surface area (Å²) in [6.45, 7) is 6.52. The molecule has 1 aromatic carbocycles. The predicted octanol–water partition coefficient (Wildman–Crippen LogP) is 1.83. The molecular weight excluding hydrogens is 432 g/mol. The summed E-state index contributed by atoms with van der Waals surface area (Å²) in [6, 6.07) is 6.55. The molecule has 2 saturated heterocycles. The van der Waals surface area contributed by atoms with Gasteiger partial charge in [-0.05, 0) is 43.1 Å². The van der Waals surface area contributed by atoms with Gasteiger partial charge in [0, 0.05) is 37.0 Å². The zero-order valence-corrected chi connectivity index (χ0v) is 19.1. The Kier molecular flexibility index (Phi) is 6.80. The largest absolute Gasteiger partial charge is 0.467 e. The molecule has 3 aromatic rings. The van der Waals surface area contributed by atoms with Crippen molar-refractivity contribution in [2.24, 2.45) is 0 Å². The number of halogens is 1. The Morgan fingerprint density at radius 1 is 1.16 bits per heavy atom. The third kappa shape index (κ3) is 4.25. The quantitative estimate of drug-likeness (QED) is 0.608. The maximum atomic E-state index is 10.6. The van der Waals surface area contributed by atoms with Crippen LogP contribution < -0.4 is 15.0 Å². The number of ether oxygens (including phenoxy) is 2. The van der Waals surface area contributed by atoms with Crippen LogP contribution in [-0.2, 0) is 4.74 Å². The second-order valence-corrected chi connectivity index (χ2v) is 8.16. The van der Waals surface area contributed by atoms with Gasteiger partial charge >= 0.3 is 6.01 Å². The average molecular weight is 461 g/mol. The van der Waals surface area contributed by atoms with E-state index in [9.17, 15) is 5.11 Å². The van der Waals surface area contributed by atoms with Gasteiger partial charge < -0.3 is 24.8 Å². The number of rotatable bonds is 4. The number of benzene rings is 1. The molecule has 2 aromatic heterocycles. The number of anilines is 1. The highest BCUT2D eigenvalue weighted by Crippen LogP contribution is 2.32. The minimum atomic E-state index is -0.395. The zero-order chi connectivity index (χ0) is 21.4. The maximum absolute atomic E-state index is 10.6. The summed E-state index contributed by atoms with van der Waals surface area (Å²) in [5.74, 6) is 1.57. The van der Waals surface area contributed by atoms with Gasteiger partial charge in [0.2, 0.25) is 0 Å². The van der Waals surface area contributed by atoms with Crippen molar-refractivity contribution in [2.45, 2.75) is 25.4 Å². The van der Waals surface area contributed by atoms with Crippen molar-refractivity contribution in [2.75, 3.05) is 51.4 Å². The van der Waals surface area contributed by atoms with Crippen LogP contribution in [0, 0.1) is 6.92 Å². The van der Waals surface area contributed by atoms with E-state index < -0.39 is 6.10 Å². The van der Waals surface area contributed by atoms with E-state index in [0.29, 0.717) is 31.6 Å².